The summed E-state index contributed by atoms with van der Waals surface area (Å²) in [6.45, 7) is 2.11. The van der Waals surface area contributed by atoms with Gasteiger partial charge < -0.3 is 15.0 Å². The summed E-state index contributed by atoms with van der Waals surface area (Å²) in [5.41, 5.74) is 2.87. The van der Waals surface area contributed by atoms with Crippen molar-refractivity contribution >= 4 is 34.4 Å². The van der Waals surface area contributed by atoms with Gasteiger partial charge in [0, 0.05) is 30.8 Å². The van der Waals surface area contributed by atoms with Gasteiger partial charge >= 0.3 is 0 Å². The third-order valence-corrected chi connectivity index (χ3v) is 6.49. The molecule has 1 aliphatic heterocycles. The lowest BCUT2D eigenvalue weighted by atomic mass is 10.1. The maximum atomic E-state index is 13.3. The van der Waals surface area contributed by atoms with Crippen LogP contribution in [0.3, 0.4) is 0 Å². The molecule has 1 saturated heterocycles. The zero-order valence-electron chi connectivity index (χ0n) is 20.8. The average Bonchev–Trinajstić information content (AvgIpc) is 3.65. The Labute approximate surface area is 217 Å². The van der Waals surface area contributed by atoms with E-state index < -0.39 is 5.92 Å². The van der Waals surface area contributed by atoms with Crippen LogP contribution in [-0.2, 0) is 9.59 Å². The van der Waals surface area contributed by atoms with E-state index in [4.69, 9.17) is 4.74 Å². The van der Waals surface area contributed by atoms with Gasteiger partial charge in [-0.25, -0.2) is 14.6 Å². The van der Waals surface area contributed by atoms with E-state index in [2.05, 4.69) is 25.5 Å². The van der Waals surface area contributed by atoms with Gasteiger partial charge in [-0.2, -0.15) is 14.9 Å². The Bertz CT molecular complexity index is 1660. The van der Waals surface area contributed by atoms with Crippen molar-refractivity contribution in [2.24, 2.45) is 5.92 Å². The molecule has 11 heteroatoms. The highest BCUT2D eigenvalue weighted by Crippen LogP contribution is 2.29. The number of nitrogens with zero attached hydrogens (tertiary/aromatic N) is 7. The molecule has 38 heavy (non-hydrogen) atoms. The standard InChI is InChI=1S/C27H24N8O3/c1-17-11-23(31-27(37)18-12-24(36)33(15-18)20-9-6-10-21(13-20)38-2)35(32-17)26-22-14-30-34(25(22)28-16-29-26)19-7-4-3-5-8-19/h3-11,13-14,16,18H,12,15H2,1-2H3,(H,31,37). The van der Waals surface area contributed by atoms with Gasteiger partial charge in [0.15, 0.2) is 11.5 Å². The number of methoxy groups -OCH3 is 1. The van der Waals surface area contributed by atoms with Crippen molar-refractivity contribution in [2.75, 3.05) is 23.9 Å². The number of ether oxygens (including phenoxy) is 1. The van der Waals surface area contributed by atoms with Crippen LogP contribution >= 0.6 is 0 Å². The van der Waals surface area contributed by atoms with E-state index in [1.807, 2.05) is 55.5 Å². The van der Waals surface area contributed by atoms with E-state index in [1.54, 1.807) is 39.7 Å². The molecule has 1 aliphatic rings. The number of para-hydroxylation sites is 1. The maximum absolute atomic E-state index is 13.3. The van der Waals surface area contributed by atoms with Gasteiger partial charge in [0.2, 0.25) is 11.8 Å². The van der Waals surface area contributed by atoms with Crippen LogP contribution in [0.4, 0.5) is 11.5 Å². The maximum Gasteiger partial charge on any atom is 0.230 e. The second-order valence-corrected chi connectivity index (χ2v) is 9.01. The molecule has 1 unspecified atom stereocenters. The van der Waals surface area contributed by atoms with Gasteiger partial charge in [-0.05, 0) is 31.2 Å². The molecule has 4 heterocycles. The minimum Gasteiger partial charge on any atom is -0.497 e. The van der Waals surface area contributed by atoms with Gasteiger partial charge in [-0.1, -0.05) is 24.3 Å². The number of amides is 2. The minimum atomic E-state index is -0.524. The molecule has 2 aromatic carbocycles. The fraction of sp³-hybridized carbons (Fsp3) is 0.185. The van der Waals surface area contributed by atoms with Crippen LogP contribution in [0.15, 0.2) is 73.2 Å². The molecular formula is C27H24N8O3. The fourth-order valence-corrected chi connectivity index (χ4v) is 4.65. The quantitative estimate of drug-likeness (QED) is 0.374. The van der Waals surface area contributed by atoms with Crippen LogP contribution in [0, 0.1) is 12.8 Å². The molecule has 0 saturated carbocycles. The van der Waals surface area contributed by atoms with Crippen LogP contribution in [0.5, 0.6) is 5.75 Å². The first-order valence-electron chi connectivity index (χ1n) is 12.1. The third-order valence-electron chi connectivity index (χ3n) is 6.49. The zero-order chi connectivity index (χ0) is 26.2. The summed E-state index contributed by atoms with van der Waals surface area (Å²) in [6, 6.07) is 18.7. The second kappa shape index (κ2) is 9.43. The number of benzene rings is 2. The Balaban J connectivity index is 1.28. The summed E-state index contributed by atoms with van der Waals surface area (Å²) in [5.74, 6) is 0.676. The van der Waals surface area contributed by atoms with E-state index in [1.165, 1.54) is 6.33 Å². The van der Waals surface area contributed by atoms with E-state index in [0.717, 1.165) is 5.69 Å². The normalized spacial score (nSPS) is 15.3. The summed E-state index contributed by atoms with van der Waals surface area (Å²) in [4.78, 5) is 36.6. The molecule has 5 aromatic rings. The number of fused-ring (bicyclic) bond motifs is 1. The van der Waals surface area contributed by atoms with Gasteiger partial charge in [-0.15, -0.1) is 0 Å². The lowest BCUT2D eigenvalue weighted by Crippen LogP contribution is -2.28. The van der Waals surface area contributed by atoms with Crippen molar-refractivity contribution in [2.45, 2.75) is 13.3 Å². The van der Waals surface area contributed by atoms with Gasteiger partial charge in [-0.3, -0.25) is 9.59 Å². The predicted molar refractivity (Wildman–Crippen MR) is 141 cm³/mol. The number of aromatic nitrogens is 6. The third kappa shape index (κ3) is 4.13. The first kappa shape index (κ1) is 23.3. The van der Waals surface area contributed by atoms with E-state index in [-0.39, 0.29) is 24.8 Å². The molecule has 2 amide bonds. The molecule has 3 aromatic heterocycles. The molecule has 1 N–H and O–H groups in total. The highest BCUT2D eigenvalue weighted by atomic mass is 16.5. The summed E-state index contributed by atoms with van der Waals surface area (Å²) < 4.78 is 8.58. The summed E-state index contributed by atoms with van der Waals surface area (Å²) in [5, 5.41) is 12.7. The topological polar surface area (TPSA) is 120 Å². The number of carbonyl (C=O) groups excluding carboxylic acids is 2. The van der Waals surface area contributed by atoms with Crippen LogP contribution in [0.2, 0.25) is 0 Å². The molecule has 190 valence electrons. The van der Waals surface area contributed by atoms with Crippen LogP contribution in [-0.4, -0.2) is 55.0 Å². The SMILES string of the molecule is COc1cccc(N2CC(C(=O)Nc3cc(C)nn3-c3ncnc4c3cnn4-c3ccccc3)CC2=O)c1. The van der Waals surface area contributed by atoms with Gasteiger partial charge in [0.05, 0.1) is 36.0 Å². The zero-order valence-corrected chi connectivity index (χ0v) is 20.8. The smallest absolute Gasteiger partial charge is 0.230 e. The Hall–Kier alpha value is -5.06. The first-order chi connectivity index (χ1) is 18.5. The molecule has 0 bridgehead atoms. The first-order valence-corrected chi connectivity index (χ1v) is 12.1. The van der Waals surface area contributed by atoms with E-state index in [0.29, 0.717) is 39.8 Å². The number of rotatable bonds is 6. The van der Waals surface area contributed by atoms with E-state index >= 15 is 0 Å². The lowest BCUT2D eigenvalue weighted by molar-refractivity contribution is -0.122. The molecule has 0 radical (unpaired) electrons. The average molecular weight is 509 g/mol. The van der Waals surface area contributed by atoms with Crippen LogP contribution in [0.1, 0.15) is 12.1 Å². The summed E-state index contributed by atoms with van der Waals surface area (Å²) in [6.07, 6.45) is 3.24. The molecule has 1 fully saturated rings. The van der Waals surface area contributed by atoms with Crippen LogP contribution in [0.25, 0.3) is 22.5 Å². The Kier molecular flexibility index (Phi) is 5.79. The van der Waals surface area contributed by atoms with Crippen molar-refractivity contribution in [3.63, 3.8) is 0 Å². The van der Waals surface area contributed by atoms with Crippen molar-refractivity contribution in [3.05, 3.63) is 78.9 Å². The molecule has 0 spiro atoms. The summed E-state index contributed by atoms with van der Waals surface area (Å²) in [7, 11) is 1.57. The molecule has 11 nitrogen and oxygen atoms in total. The number of carbonyl (C=O) groups is 2. The molecule has 6 rings (SSSR count). The number of nitrogens with one attached hydrogen (secondary N) is 1. The Morgan fingerprint density at radius 3 is 2.66 bits per heavy atom. The molecule has 1 atom stereocenters. The largest absolute Gasteiger partial charge is 0.497 e. The molecular weight excluding hydrogens is 484 g/mol. The Morgan fingerprint density at radius 2 is 1.84 bits per heavy atom. The number of anilines is 2. The fourth-order valence-electron chi connectivity index (χ4n) is 4.65. The monoisotopic (exact) mass is 508 g/mol. The van der Waals surface area contributed by atoms with Crippen molar-refractivity contribution in [1.29, 1.82) is 0 Å². The lowest BCUT2D eigenvalue weighted by Gasteiger charge is -2.17. The highest BCUT2D eigenvalue weighted by Gasteiger charge is 2.36. The molecule has 0 aliphatic carbocycles. The second-order valence-electron chi connectivity index (χ2n) is 9.01. The van der Waals surface area contributed by atoms with Gasteiger partial charge in [0.1, 0.15) is 17.9 Å². The van der Waals surface area contributed by atoms with Crippen molar-refractivity contribution in [3.8, 4) is 17.3 Å². The minimum absolute atomic E-state index is 0.109. The Morgan fingerprint density at radius 1 is 1.03 bits per heavy atom. The number of hydrogen-bond acceptors (Lipinski definition) is 7. The highest BCUT2D eigenvalue weighted by molar-refractivity contribution is 6.03. The van der Waals surface area contributed by atoms with Gasteiger partial charge in [0.25, 0.3) is 0 Å². The van der Waals surface area contributed by atoms with E-state index in [9.17, 15) is 9.59 Å². The summed E-state index contributed by atoms with van der Waals surface area (Å²) >= 11 is 0. The number of hydrogen-bond donors (Lipinski definition) is 1. The number of aryl methyl sites for hydroxylation is 1. The van der Waals surface area contributed by atoms with Crippen molar-refractivity contribution in [1.82, 2.24) is 29.5 Å². The predicted octanol–water partition coefficient (Wildman–Crippen LogP) is 3.31. The van der Waals surface area contributed by atoms with Crippen molar-refractivity contribution < 1.29 is 14.3 Å². The van der Waals surface area contributed by atoms with Crippen LogP contribution < -0.4 is 15.0 Å².